The lowest BCUT2D eigenvalue weighted by molar-refractivity contribution is 0.715. The molecule has 0 amide bonds. The van der Waals surface area contributed by atoms with Gasteiger partial charge in [0.05, 0.1) is 0 Å². The summed E-state index contributed by atoms with van der Waals surface area (Å²) in [6.07, 6.45) is 0. The van der Waals surface area contributed by atoms with E-state index in [2.05, 4.69) is 84.0 Å². The summed E-state index contributed by atoms with van der Waals surface area (Å²) < 4.78 is 0. The fourth-order valence-corrected chi connectivity index (χ4v) is 7.40. The van der Waals surface area contributed by atoms with E-state index < -0.39 is 7.92 Å². The predicted octanol–water partition coefficient (Wildman–Crippen LogP) is 5.64. The lowest BCUT2D eigenvalue weighted by atomic mass is 10.0. The van der Waals surface area contributed by atoms with E-state index in [9.17, 15) is 0 Å². The average Bonchev–Trinajstić information content (AvgIpc) is 2.39. The van der Waals surface area contributed by atoms with Gasteiger partial charge in [0.2, 0.25) is 0 Å². The van der Waals surface area contributed by atoms with Crippen LogP contribution in [-0.2, 0) is 0 Å². The number of nitrogen functional groups attached to an aromatic ring is 1. The predicted molar refractivity (Wildman–Crippen MR) is 102 cm³/mol. The summed E-state index contributed by atoms with van der Waals surface area (Å²) in [4.78, 5) is 0. The summed E-state index contributed by atoms with van der Waals surface area (Å²) in [7, 11) is -0.390. The summed E-state index contributed by atoms with van der Waals surface area (Å²) in [5.74, 6) is 0. The average molecular weight is 313 g/mol. The van der Waals surface area contributed by atoms with Crippen molar-refractivity contribution < 1.29 is 0 Å². The van der Waals surface area contributed by atoms with Gasteiger partial charge < -0.3 is 5.73 Å². The van der Waals surface area contributed by atoms with Crippen molar-refractivity contribution in [3.8, 4) is 11.1 Å². The summed E-state index contributed by atoms with van der Waals surface area (Å²) in [6, 6.07) is 17.0. The largest absolute Gasteiger partial charge is 0.398 e. The van der Waals surface area contributed by atoms with E-state index in [0.717, 1.165) is 11.3 Å². The first-order valence-electron chi connectivity index (χ1n) is 7.86. The molecule has 0 bridgehead atoms. The van der Waals surface area contributed by atoms with Gasteiger partial charge in [-0.05, 0) is 15.9 Å². The van der Waals surface area contributed by atoms with Crippen molar-refractivity contribution in [2.45, 2.75) is 51.9 Å². The Morgan fingerprint density at radius 3 is 1.77 bits per heavy atom. The van der Waals surface area contributed by atoms with E-state index in [0.29, 0.717) is 0 Å². The Hall–Kier alpha value is -1.33. The minimum Gasteiger partial charge on any atom is -0.398 e. The topological polar surface area (TPSA) is 26.0 Å². The number of hydrogen-bond donors (Lipinski definition) is 1. The van der Waals surface area contributed by atoms with Gasteiger partial charge in [-0.25, -0.2) is 0 Å². The number of benzene rings is 2. The molecule has 0 heterocycles. The van der Waals surface area contributed by atoms with Crippen LogP contribution >= 0.6 is 7.92 Å². The lowest BCUT2D eigenvalue weighted by Crippen LogP contribution is -2.32. The zero-order valence-corrected chi connectivity index (χ0v) is 15.5. The van der Waals surface area contributed by atoms with Gasteiger partial charge in [-0.3, -0.25) is 0 Å². The van der Waals surface area contributed by atoms with Crippen LogP contribution in [0.2, 0.25) is 0 Å². The van der Waals surface area contributed by atoms with E-state index >= 15 is 0 Å². The van der Waals surface area contributed by atoms with Gasteiger partial charge in [-0.1, -0.05) is 98.0 Å². The Bertz CT molecular complexity index is 619. The van der Waals surface area contributed by atoms with Gasteiger partial charge in [0, 0.05) is 16.6 Å². The summed E-state index contributed by atoms with van der Waals surface area (Å²) in [5.41, 5.74) is 9.92. The van der Waals surface area contributed by atoms with E-state index in [1.54, 1.807) is 0 Å². The summed E-state index contributed by atoms with van der Waals surface area (Å²) in [5, 5.41) is 1.77. The molecule has 0 aromatic heterocycles. The Morgan fingerprint density at radius 2 is 1.27 bits per heavy atom. The molecule has 22 heavy (non-hydrogen) atoms. The highest BCUT2D eigenvalue weighted by Gasteiger charge is 2.36. The van der Waals surface area contributed by atoms with Crippen LogP contribution in [0.25, 0.3) is 11.1 Å². The molecular formula is C20H28NP. The van der Waals surface area contributed by atoms with Crippen LogP contribution in [0, 0.1) is 0 Å². The third-order valence-corrected chi connectivity index (χ3v) is 7.31. The fraction of sp³-hybridized carbons (Fsp3) is 0.400. The minimum atomic E-state index is -0.390. The molecule has 1 nitrogen and oxygen atoms in total. The molecule has 2 N–H and O–H groups in total. The van der Waals surface area contributed by atoms with Crippen molar-refractivity contribution in [2.24, 2.45) is 0 Å². The number of hydrogen-bond acceptors (Lipinski definition) is 1. The van der Waals surface area contributed by atoms with Crippen molar-refractivity contribution in [1.29, 1.82) is 0 Å². The molecule has 0 saturated carbocycles. The second-order valence-corrected chi connectivity index (χ2v) is 11.6. The van der Waals surface area contributed by atoms with Gasteiger partial charge in [-0.15, -0.1) is 0 Å². The Morgan fingerprint density at radius 1 is 0.727 bits per heavy atom. The Labute approximate surface area is 136 Å². The maximum atomic E-state index is 6.63. The smallest absolute Gasteiger partial charge is 0.0472 e. The monoisotopic (exact) mass is 313 g/mol. The quantitative estimate of drug-likeness (QED) is 0.563. The van der Waals surface area contributed by atoms with Gasteiger partial charge in [0.25, 0.3) is 0 Å². The van der Waals surface area contributed by atoms with E-state index in [1.807, 2.05) is 6.07 Å². The molecule has 0 atom stereocenters. The second kappa shape index (κ2) is 6.05. The number of anilines is 1. The second-order valence-electron chi connectivity index (χ2n) is 7.78. The molecular weight excluding hydrogens is 285 g/mol. The number of para-hydroxylation sites is 1. The van der Waals surface area contributed by atoms with Crippen LogP contribution < -0.4 is 11.0 Å². The highest BCUT2D eigenvalue weighted by atomic mass is 31.1. The van der Waals surface area contributed by atoms with Crippen LogP contribution in [0.5, 0.6) is 0 Å². The molecule has 2 rings (SSSR count). The molecule has 0 aliphatic rings. The van der Waals surface area contributed by atoms with Crippen molar-refractivity contribution in [2.75, 3.05) is 5.73 Å². The molecule has 118 valence electrons. The molecule has 0 aliphatic heterocycles. The zero-order chi connectivity index (χ0) is 16.5. The molecule has 0 unspecified atom stereocenters. The third kappa shape index (κ3) is 3.52. The maximum absolute atomic E-state index is 6.63. The van der Waals surface area contributed by atoms with Crippen molar-refractivity contribution in [3.05, 3.63) is 48.5 Å². The van der Waals surface area contributed by atoms with Gasteiger partial charge in [0.1, 0.15) is 0 Å². The van der Waals surface area contributed by atoms with E-state index in [4.69, 9.17) is 5.73 Å². The third-order valence-electron chi connectivity index (χ3n) is 3.75. The van der Waals surface area contributed by atoms with Crippen LogP contribution in [0.1, 0.15) is 41.5 Å². The Balaban J connectivity index is 2.62. The molecule has 2 aromatic carbocycles. The molecule has 0 spiro atoms. The standard InChI is InChI=1S/C20H28NP/c1-19(2,3)22(20(4,5)6)17-14-10-13-16(18(17)21)15-11-8-7-9-12-15/h7-14H,21H2,1-6H3. The number of nitrogens with two attached hydrogens (primary N) is 1. The maximum Gasteiger partial charge on any atom is 0.0472 e. The minimum absolute atomic E-state index is 0.219. The van der Waals surface area contributed by atoms with Crippen LogP contribution in [0.3, 0.4) is 0 Å². The molecule has 0 saturated heterocycles. The SMILES string of the molecule is CC(C)(C)P(c1cccc(-c2ccccc2)c1N)C(C)(C)C. The van der Waals surface area contributed by atoms with Crippen molar-refractivity contribution in [3.63, 3.8) is 0 Å². The first kappa shape index (κ1) is 17.0. The lowest BCUT2D eigenvalue weighted by Gasteiger charge is -2.42. The highest BCUT2D eigenvalue weighted by molar-refractivity contribution is 7.68. The summed E-state index contributed by atoms with van der Waals surface area (Å²) >= 11 is 0. The van der Waals surface area contributed by atoms with Gasteiger partial charge in [0.15, 0.2) is 0 Å². The first-order valence-corrected chi connectivity index (χ1v) is 9.21. The molecule has 2 aromatic rings. The molecule has 2 heteroatoms. The van der Waals surface area contributed by atoms with Crippen molar-refractivity contribution >= 4 is 18.9 Å². The molecule has 0 aliphatic carbocycles. The fourth-order valence-electron chi connectivity index (χ4n) is 3.35. The summed E-state index contributed by atoms with van der Waals surface area (Å²) in [6.45, 7) is 14.0. The van der Waals surface area contributed by atoms with Crippen molar-refractivity contribution in [1.82, 2.24) is 0 Å². The zero-order valence-electron chi connectivity index (χ0n) is 14.6. The van der Waals surface area contributed by atoms with Crippen LogP contribution in [-0.4, -0.2) is 10.3 Å². The van der Waals surface area contributed by atoms with E-state index in [1.165, 1.54) is 10.9 Å². The van der Waals surface area contributed by atoms with E-state index in [-0.39, 0.29) is 10.3 Å². The van der Waals surface area contributed by atoms with Gasteiger partial charge in [-0.2, -0.15) is 0 Å². The first-order chi connectivity index (χ1) is 10.1. The van der Waals surface area contributed by atoms with Crippen LogP contribution in [0.4, 0.5) is 5.69 Å². The molecule has 0 radical (unpaired) electrons. The normalized spacial score (nSPS) is 12.7. The van der Waals surface area contributed by atoms with Crippen LogP contribution in [0.15, 0.2) is 48.5 Å². The Kier molecular flexibility index (Phi) is 4.68. The van der Waals surface area contributed by atoms with Gasteiger partial charge >= 0.3 is 0 Å². The number of rotatable bonds is 2. The highest BCUT2D eigenvalue weighted by Crippen LogP contribution is 2.59. The molecule has 0 fully saturated rings.